The number of alkyl halides is 3. The maximum atomic E-state index is 12.7. The van der Waals surface area contributed by atoms with Gasteiger partial charge in [0.05, 0.1) is 21.2 Å². The van der Waals surface area contributed by atoms with Gasteiger partial charge in [-0.15, -0.1) is 0 Å². The first-order valence-corrected chi connectivity index (χ1v) is 8.87. The molecule has 0 N–H and O–H groups in total. The van der Waals surface area contributed by atoms with Crippen molar-refractivity contribution in [3.8, 4) is 11.3 Å². The van der Waals surface area contributed by atoms with Crippen molar-refractivity contribution in [2.45, 2.75) is 6.18 Å². The molecule has 9 heteroatoms. The highest BCUT2D eigenvalue weighted by molar-refractivity contribution is 8.18. The minimum atomic E-state index is -4.50. The first-order chi connectivity index (χ1) is 12.6. The fourth-order valence-electron chi connectivity index (χ4n) is 2.28. The van der Waals surface area contributed by atoms with Crippen molar-refractivity contribution >= 4 is 40.5 Å². The maximum absolute atomic E-state index is 12.7. The summed E-state index contributed by atoms with van der Waals surface area (Å²) in [5, 5.41) is 0.532. The molecule has 1 aromatic carbocycles. The number of thioether (sulfide) groups is 1. The molecule has 0 spiro atoms. The first-order valence-electron chi connectivity index (χ1n) is 7.68. The van der Waals surface area contributed by atoms with Crippen molar-refractivity contribution in [1.29, 1.82) is 0 Å². The lowest BCUT2D eigenvalue weighted by molar-refractivity contribution is -0.137. The van der Waals surface area contributed by atoms with Gasteiger partial charge in [-0.3, -0.25) is 9.78 Å². The van der Waals surface area contributed by atoms with Gasteiger partial charge in [-0.05, 0) is 29.5 Å². The summed E-state index contributed by atoms with van der Waals surface area (Å²) in [7, 11) is 3.61. The van der Waals surface area contributed by atoms with Crippen LogP contribution in [0.4, 0.5) is 13.2 Å². The molecule has 0 atom stereocenters. The second kappa shape index (κ2) is 7.36. The molecule has 2 aromatic rings. The number of amidine groups is 1. The van der Waals surface area contributed by atoms with E-state index in [4.69, 9.17) is 11.6 Å². The Kier molecular flexibility index (Phi) is 5.30. The van der Waals surface area contributed by atoms with E-state index in [0.717, 1.165) is 17.8 Å². The molecule has 0 bridgehead atoms. The number of halogens is 4. The summed E-state index contributed by atoms with van der Waals surface area (Å²) in [6.45, 7) is 0. The summed E-state index contributed by atoms with van der Waals surface area (Å²) in [6.07, 6.45) is -2.03. The average Bonchev–Trinajstić information content (AvgIpc) is 2.96. The van der Waals surface area contributed by atoms with Gasteiger partial charge in [0.1, 0.15) is 0 Å². The topological polar surface area (TPSA) is 45.6 Å². The van der Waals surface area contributed by atoms with Crippen LogP contribution in [0.5, 0.6) is 0 Å². The Morgan fingerprint density at radius 1 is 1.19 bits per heavy atom. The van der Waals surface area contributed by atoms with Crippen LogP contribution in [0.1, 0.15) is 11.1 Å². The van der Waals surface area contributed by atoms with Gasteiger partial charge in [0, 0.05) is 25.9 Å². The Hall–Kier alpha value is -2.32. The molecular formula is C18H13ClF3N3OS. The number of nitrogens with zero attached hydrogens (tertiary/aromatic N) is 3. The van der Waals surface area contributed by atoms with Gasteiger partial charge in [0.15, 0.2) is 5.17 Å². The predicted molar refractivity (Wildman–Crippen MR) is 101 cm³/mol. The van der Waals surface area contributed by atoms with E-state index in [1.165, 1.54) is 11.8 Å². The number of pyridine rings is 1. The van der Waals surface area contributed by atoms with Crippen molar-refractivity contribution in [2.75, 3.05) is 14.1 Å². The van der Waals surface area contributed by atoms with Gasteiger partial charge < -0.3 is 4.90 Å². The van der Waals surface area contributed by atoms with Crippen LogP contribution in [0.15, 0.2) is 46.4 Å². The lowest BCUT2D eigenvalue weighted by Crippen LogP contribution is -2.16. The molecule has 3 rings (SSSR count). The second-order valence-corrected chi connectivity index (χ2v) is 7.30. The Morgan fingerprint density at radius 3 is 2.37 bits per heavy atom. The number of amides is 1. The monoisotopic (exact) mass is 411 g/mol. The van der Waals surface area contributed by atoms with Crippen LogP contribution in [-0.4, -0.2) is 35.1 Å². The molecule has 2 heterocycles. The fraction of sp³-hybridized carbons (Fsp3) is 0.167. The zero-order chi connectivity index (χ0) is 19.8. The molecular weight excluding hydrogens is 399 g/mol. The molecule has 0 saturated carbocycles. The van der Waals surface area contributed by atoms with Crippen LogP contribution >= 0.6 is 23.4 Å². The fourth-order valence-corrected chi connectivity index (χ4v) is 3.39. The van der Waals surface area contributed by atoms with E-state index in [-0.39, 0.29) is 16.6 Å². The van der Waals surface area contributed by atoms with Crippen molar-refractivity contribution in [2.24, 2.45) is 4.99 Å². The lowest BCUT2D eigenvalue weighted by Gasteiger charge is -2.09. The van der Waals surface area contributed by atoms with Crippen molar-refractivity contribution < 1.29 is 18.0 Å². The molecule has 1 aliphatic rings. The smallest absolute Gasteiger partial charge is 0.357 e. The van der Waals surface area contributed by atoms with Gasteiger partial charge in [0.25, 0.3) is 5.91 Å². The van der Waals surface area contributed by atoms with Crippen molar-refractivity contribution in [1.82, 2.24) is 9.88 Å². The summed E-state index contributed by atoms with van der Waals surface area (Å²) in [6, 6.07) is 7.70. The van der Waals surface area contributed by atoms with Crippen LogP contribution in [0.2, 0.25) is 5.02 Å². The Bertz CT molecular complexity index is 953. The molecule has 27 heavy (non-hydrogen) atoms. The Labute approximate surface area is 162 Å². The van der Waals surface area contributed by atoms with Gasteiger partial charge in [0.2, 0.25) is 0 Å². The van der Waals surface area contributed by atoms with Crippen LogP contribution in [0.3, 0.4) is 0 Å². The number of hydrogen-bond donors (Lipinski definition) is 0. The normalized spacial score (nSPS) is 16.0. The quantitative estimate of drug-likeness (QED) is 0.656. The van der Waals surface area contributed by atoms with E-state index in [0.29, 0.717) is 15.6 Å². The van der Waals surface area contributed by atoms with E-state index >= 15 is 0 Å². The maximum Gasteiger partial charge on any atom is 0.417 e. The molecule has 140 valence electrons. The molecule has 1 amide bonds. The SMILES string of the molecule is CN(C)C1=NC(=O)C(=Cc2ccc(-c3ncc(C(F)(F)F)cc3Cl)cc2)S1. The molecule has 0 unspecified atom stereocenters. The average molecular weight is 412 g/mol. The number of carbonyl (C=O) groups excluding carboxylic acids is 1. The lowest BCUT2D eigenvalue weighted by atomic mass is 10.1. The highest BCUT2D eigenvalue weighted by Crippen LogP contribution is 2.34. The summed E-state index contributed by atoms with van der Waals surface area (Å²) in [4.78, 5) is 22.0. The largest absolute Gasteiger partial charge is 0.417 e. The van der Waals surface area contributed by atoms with E-state index in [9.17, 15) is 18.0 Å². The minimum absolute atomic E-state index is 0.0820. The number of rotatable bonds is 2. The summed E-state index contributed by atoms with van der Waals surface area (Å²) in [5.74, 6) is -0.305. The number of benzene rings is 1. The number of hydrogen-bond acceptors (Lipinski definition) is 4. The van der Waals surface area contributed by atoms with Crippen LogP contribution in [0.25, 0.3) is 17.3 Å². The summed E-state index contributed by atoms with van der Waals surface area (Å²) >= 11 is 7.25. The summed E-state index contributed by atoms with van der Waals surface area (Å²) < 4.78 is 38.1. The van der Waals surface area contributed by atoms with Crippen molar-refractivity contribution in [3.63, 3.8) is 0 Å². The molecule has 4 nitrogen and oxygen atoms in total. The third kappa shape index (κ3) is 4.33. The summed E-state index contributed by atoms with van der Waals surface area (Å²) in [5.41, 5.74) is 0.693. The number of aliphatic imine (C=N–C) groups is 1. The Morgan fingerprint density at radius 2 is 1.85 bits per heavy atom. The molecule has 0 fully saturated rings. The van der Waals surface area contributed by atoms with Gasteiger partial charge in [-0.2, -0.15) is 18.2 Å². The number of aromatic nitrogens is 1. The second-order valence-electron chi connectivity index (χ2n) is 5.88. The molecule has 0 aliphatic carbocycles. The van der Waals surface area contributed by atoms with Crippen LogP contribution in [-0.2, 0) is 11.0 Å². The molecule has 0 radical (unpaired) electrons. The van der Waals surface area contributed by atoms with Crippen LogP contribution in [0, 0.1) is 0 Å². The third-order valence-corrected chi connectivity index (χ3v) is 5.08. The zero-order valence-electron chi connectivity index (χ0n) is 14.2. The van der Waals surface area contributed by atoms with Crippen LogP contribution < -0.4 is 0 Å². The highest BCUT2D eigenvalue weighted by atomic mass is 35.5. The third-order valence-electron chi connectivity index (χ3n) is 3.64. The number of carbonyl (C=O) groups is 1. The standard InChI is InChI=1S/C18H13ClF3N3OS/c1-25(2)17-24-16(26)14(27-17)7-10-3-5-11(6-4-10)15-13(19)8-12(9-23-15)18(20,21)22/h3-9H,1-2H3. The zero-order valence-corrected chi connectivity index (χ0v) is 15.8. The Balaban J connectivity index is 1.83. The first kappa shape index (κ1) is 19.4. The molecule has 1 aliphatic heterocycles. The van der Waals surface area contributed by atoms with E-state index in [1.807, 2.05) is 0 Å². The van der Waals surface area contributed by atoms with E-state index in [2.05, 4.69) is 9.98 Å². The van der Waals surface area contributed by atoms with E-state index < -0.39 is 11.7 Å². The van der Waals surface area contributed by atoms with Gasteiger partial charge in [-0.25, -0.2) is 0 Å². The molecule has 1 aromatic heterocycles. The predicted octanol–water partition coefficient (Wildman–Crippen LogP) is 4.95. The van der Waals surface area contributed by atoms with E-state index in [1.54, 1.807) is 49.3 Å². The van der Waals surface area contributed by atoms with Gasteiger partial charge >= 0.3 is 6.18 Å². The highest BCUT2D eigenvalue weighted by Gasteiger charge is 2.31. The van der Waals surface area contributed by atoms with Gasteiger partial charge in [-0.1, -0.05) is 35.9 Å². The minimum Gasteiger partial charge on any atom is -0.357 e. The molecule has 0 saturated heterocycles. The van der Waals surface area contributed by atoms with Crippen molar-refractivity contribution in [3.05, 3.63) is 57.6 Å².